The van der Waals surface area contributed by atoms with Gasteiger partial charge in [0.05, 0.1) is 17.7 Å². The number of ether oxygens (including phenoxy) is 1. The van der Waals surface area contributed by atoms with Crippen LogP contribution in [0.4, 0.5) is 0 Å². The van der Waals surface area contributed by atoms with Crippen LogP contribution in [0, 0.1) is 0 Å². The van der Waals surface area contributed by atoms with Gasteiger partial charge in [0, 0.05) is 5.56 Å². The van der Waals surface area contributed by atoms with Crippen LogP contribution >= 0.6 is 11.6 Å². The van der Waals surface area contributed by atoms with Crippen molar-refractivity contribution >= 4 is 23.5 Å². The van der Waals surface area contributed by atoms with E-state index in [2.05, 4.69) is 0 Å². The zero-order valence-corrected chi connectivity index (χ0v) is 12.0. The van der Waals surface area contributed by atoms with Crippen LogP contribution < -0.4 is 4.74 Å². The average molecular weight is 305 g/mol. The van der Waals surface area contributed by atoms with Gasteiger partial charge in [0.1, 0.15) is 5.75 Å². The fourth-order valence-corrected chi connectivity index (χ4v) is 2.04. The van der Waals surface area contributed by atoms with Gasteiger partial charge in [0.2, 0.25) is 0 Å². The van der Waals surface area contributed by atoms with Gasteiger partial charge >= 0.3 is 0 Å². The highest BCUT2D eigenvalue weighted by atomic mass is 35.5. The third-order valence-electron chi connectivity index (χ3n) is 2.90. The van der Waals surface area contributed by atoms with Crippen molar-refractivity contribution < 1.29 is 19.7 Å². The van der Waals surface area contributed by atoms with Gasteiger partial charge < -0.3 is 14.9 Å². The zero-order valence-electron chi connectivity index (χ0n) is 11.2. The largest absolute Gasteiger partial charge is 0.506 e. The lowest BCUT2D eigenvalue weighted by molar-refractivity contribution is 0.104. The summed E-state index contributed by atoms with van der Waals surface area (Å²) >= 11 is 5.76. The summed E-state index contributed by atoms with van der Waals surface area (Å²) in [5.74, 6) is -0.397. The molecule has 0 amide bonds. The molecule has 0 aliphatic rings. The minimum atomic E-state index is -0.402. The maximum atomic E-state index is 12.1. The number of ketones is 1. The van der Waals surface area contributed by atoms with Crippen LogP contribution in [0.1, 0.15) is 15.9 Å². The summed E-state index contributed by atoms with van der Waals surface area (Å²) in [6.45, 7) is 0. The first kappa shape index (κ1) is 14.9. The molecule has 2 aromatic rings. The Hall–Kier alpha value is -2.46. The molecular weight excluding hydrogens is 292 g/mol. The number of halogens is 1. The van der Waals surface area contributed by atoms with Crippen LogP contribution in [0.25, 0.3) is 6.08 Å². The van der Waals surface area contributed by atoms with Crippen molar-refractivity contribution in [1.82, 2.24) is 0 Å². The molecule has 0 spiro atoms. The lowest BCUT2D eigenvalue weighted by Gasteiger charge is -2.06. The SMILES string of the molecule is COc1c(O)cccc1/C=C/C(=O)c1cccc(Cl)c1O. The van der Waals surface area contributed by atoms with E-state index in [9.17, 15) is 15.0 Å². The number of hydrogen-bond acceptors (Lipinski definition) is 4. The van der Waals surface area contributed by atoms with Crippen molar-refractivity contribution in [1.29, 1.82) is 0 Å². The van der Waals surface area contributed by atoms with Crippen molar-refractivity contribution in [2.24, 2.45) is 0 Å². The predicted octanol–water partition coefficient (Wildman–Crippen LogP) is 3.66. The van der Waals surface area contributed by atoms with Crippen molar-refractivity contribution in [2.75, 3.05) is 7.11 Å². The minimum absolute atomic E-state index is 0.0160. The maximum Gasteiger partial charge on any atom is 0.189 e. The van der Waals surface area contributed by atoms with E-state index < -0.39 is 5.78 Å². The van der Waals surface area contributed by atoms with Crippen LogP contribution in [-0.4, -0.2) is 23.1 Å². The molecule has 0 heterocycles. The van der Waals surface area contributed by atoms with Gasteiger partial charge in [-0.05, 0) is 30.4 Å². The van der Waals surface area contributed by atoms with Crippen LogP contribution in [-0.2, 0) is 0 Å². The lowest BCUT2D eigenvalue weighted by Crippen LogP contribution is -1.95. The van der Waals surface area contributed by atoms with E-state index in [0.717, 1.165) is 0 Å². The number of hydrogen-bond donors (Lipinski definition) is 2. The molecule has 0 fully saturated rings. The number of benzene rings is 2. The fourth-order valence-electron chi connectivity index (χ4n) is 1.87. The Balaban J connectivity index is 2.32. The van der Waals surface area contributed by atoms with E-state index >= 15 is 0 Å². The molecule has 2 rings (SSSR count). The molecule has 108 valence electrons. The van der Waals surface area contributed by atoms with E-state index in [-0.39, 0.29) is 27.8 Å². The normalized spacial score (nSPS) is 10.8. The number of phenolic OH excluding ortho intramolecular Hbond substituents is 2. The molecule has 0 unspecified atom stereocenters. The number of phenols is 2. The van der Waals surface area contributed by atoms with Gasteiger partial charge in [0.25, 0.3) is 0 Å². The number of allylic oxidation sites excluding steroid dienone is 1. The van der Waals surface area contributed by atoms with Crippen LogP contribution in [0.5, 0.6) is 17.2 Å². The molecule has 0 aliphatic carbocycles. The molecule has 2 aromatic carbocycles. The Morgan fingerprint density at radius 3 is 2.62 bits per heavy atom. The number of para-hydroxylation sites is 2. The summed E-state index contributed by atoms with van der Waals surface area (Å²) in [4.78, 5) is 12.1. The van der Waals surface area contributed by atoms with Crippen molar-refractivity contribution in [3.8, 4) is 17.2 Å². The minimum Gasteiger partial charge on any atom is -0.506 e. The topological polar surface area (TPSA) is 66.8 Å². The Morgan fingerprint density at radius 1 is 1.19 bits per heavy atom. The molecule has 0 aliphatic heterocycles. The Kier molecular flexibility index (Phi) is 4.50. The van der Waals surface area contributed by atoms with Gasteiger partial charge in [-0.15, -0.1) is 0 Å². The Bertz CT molecular complexity index is 707. The van der Waals surface area contributed by atoms with Crippen molar-refractivity contribution in [2.45, 2.75) is 0 Å². The molecule has 0 bridgehead atoms. The smallest absolute Gasteiger partial charge is 0.189 e. The second-order valence-electron chi connectivity index (χ2n) is 4.23. The lowest BCUT2D eigenvalue weighted by atomic mass is 10.1. The monoisotopic (exact) mass is 304 g/mol. The molecular formula is C16H13ClO4. The van der Waals surface area contributed by atoms with Gasteiger partial charge in [-0.3, -0.25) is 4.79 Å². The maximum absolute atomic E-state index is 12.1. The first-order valence-corrected chi connectivity index (χ1v) is 6.48. The number of carbonyl (C=O) groups is 1. The van der Waals surface area contributed by atoms with Crippen molar-refractivity contribution in [3.63, 3.8) is 0 Å². The molecule has 0 saturated heterocycles. The van der Waals surface area contributed by atoms with E-state index in [1.54, 1.807) is 18.2 Å². The highest BCUT2D eigenvalue weighted by Gasteiger charge is 2.11. The molecule has 0 atom stereocenters. The van der Waals surface area contributed by atoms with Crippen LogP contribution in [0.15, 0.2) is 42.5 Å². The molecule has 4 nitrogen and oxygen atoms in total. The van der Waals surface area contributed by atoms with Gasteiger partial charge in [0.15, 0.2) is 17.3 Å². The Labute approximate surface area is 126 Å². The third-order valence-corrected chi connectivity index (χ3v) is 3.20. The molecule has 0 radical (unpaired) electrons. The second kappa shape index (κ2) is 6.33. The van der Waals surface area contributed by atoms with E-state index in [0.29, 0.717) is 5.56 Å². The first-order valence-electron chi connectivity index (χ1n) is 6.10. The number of aromatic hydroxyl groups is 2. The number of rotatable bonds is 4. The average Bonchev–Trinajstić information content (AvgIpc) is 2.47. The molecule has 5 heteroatoms. The highest BCUT2D eigenvalue weighted by molar-refractivity contribution is 6.32. The van der Waals surface area contributed by atoms with E-state index in [1.807, 2.05) is 0 Å². The quantitative estimate of drug-likeness (QED) is 0.668. The Morgan fingerprint density at radius 2 is 1.90 bits per heavy atom. The second-order valence-corrected chi connectivity index (χ2v) is 4.64. The summed E-state index contributed by atoms with van der Waals surface area (Å²) < 4.78 is 5.07. The molecule has 0 aromatic heterocycles. The highest BCUT2D eigenvalue weighted by Crippen LogP contribution is 2.31. The molecule has 0 saturated carbocycles. The summed E-state index contributed by atoms with van der Waals surface area (Å²) in [5.41, 5.74) is 0.658. The predicted molar refractivity (Wildman–Crippen MR) is 81.1 cm³/mol. The fraction of sp³-hybridized carbons (Fsp3) is 0.0625. The number of methoxy groups -OCH3 is 1. The molecule has 2 N–H and O–H groups in total. The van der Waals surface area contributed by atoms with Crippen LogP contribution in [0.2, 0.25) is 5.02 Å². The van der Waals surface area contributed by atoms with E-state index in [1.165, 1.54) is 37.5 Å². The summed E-state index contributed by atoms with van der Waals surface area (Å²) in [6, 6.07) is 9.38. The third kappa shape index (κ3) is 3.17. The summed E-state index contributed by atoms with van der Waals surface area (Å²) in [6.07, 6.45) is 2.78. The summed E-state index contributed by atoms with van der Waals surface area (Å²) in [7, 11) is 1.43. The van der Waals surface area contributed by atoms with Crippen molar-refractivity contribution in [3.05, 3.63) is 58.6 Å². The number of carbonyl (C=O) groups excluding carboxylic acids is 1. The van der Waals surface area contributed by atoms with E-state index in [4.69, 9.17) is 16.3 Å². The zero-order chi connectivity index (χ0) is 15.4. The summed E-state index contributed by atoms with van der Waals surface area (Å²) in [5, 5.41) is 19.5. The standard InChI is InChI=1S/C16H13ClO4/c1-21-16-10(4-2-7-14(16)19)8-9-13(18)11-5-3-6-12(17)15(11)20/h2-9,19-20H,1H3/b9-8+. The van der Waals surface area contributed by atoms with Gasteiger partial charge in [-0.2, -0.15) is 0 Å². The first-order chi connectivity index (χ1) is 10.0. The molecule has 21 heavy (non-hydrogen) atoms. The van der Waals surface area contributed by atoms with Gasteiger partial charge in [-0.1, -0.05) is 29.8 Å². The van der Waals surface area contributed by atoms with Gasteiger partial charge in [-0.25, -0.2) is 0 Å². The van der Waals surface area contributed by atoms with Crippen LogP contribution in [0.3, 0.4) is 0 Å².